The SMILES string of the molecule is CNCCCCn1c(-c2nc3cc(C(=O)O)cc(OC)n3c2C)cc2ccc(C(C)N)nc21. The van der Waals surface area contributed by atoms with E-state index in [9.17, 15) is 9.90 Å². The summed E-state index contributed by atoms with van der Waals surface area (Å²) in [6, 6.07) is 9.00. The number of aryl methyl sites for hydroxylation is 2. The van der Waals surface area contributed by atoms with Crippen molar-refractivity contribution in [1.29, 1.82) is 0 Å². The van der Waals surface area contributed by atoms with Crippen LogP contribution in [0.3, 0.4) is 0 Å². The van der Waals surface area contributed by atoms with E-state index in [1.54, 1.807) is 6.07 Å². The molecule has 0 aromatic carbocycles. The maximum Gasteiger partial charge on any atom is 0.336 e. The summed E-state index contributed by atoms with van der Waals surface area (Å²) in [4.78, 5) is 21.3. The topological polar surface area (TPSA) is 120 Å². The molecular weight excluding hydrogens is 420 g/mol. The van der Waals surface area contributed by atoms with Gasteiger partial charge in [-0.3, -0.25) is 4.40 Å². The lowest BCUT2D eigenvalue weighted by Gasteiger charge is -2.11. The zero-order valence-corrected chi connectivity index (χ0v) is 19.4. The fraction of sp³-hybridized carbons (Fsp3) is 0.375. The smallest absolute Gasteiger partial charge is 0.336 e. The first kappa shape index (κ1) is 22.8. The molecule has 0 saturated carbocycles. The number of hydrogen-bond donors (Lipinski definition) is 3. The number of nitrogens with two attached hydrogens (primary N) is 1. The van der Waals surface area contributed by atoms with Crippen LogP contribution < -0.4 is 15.8 Å². The Bertz CT molecular complexity index is 1320. The Morgan fingerprint density at radius 2 is 2.03 bits per heavy atom. The van der Waals surface area contributed by atoms with Gasteiger partial charge in [-0.25, -0.2) is 14.8 Å². The molecule has 0 bridgehead atoms. The lowest BCUT2D eigenvalue weighted by Crippen LogP contribution is -2.11. The Hall–Kier alpha value is -3.43. The highest BCUT2D eigenvalue weighted by atomic mass is 16.5. The molecule has 174 valence electrons. The van der Waals surface area contributed by atoms with Gasteiger partial charge < -0.3 is 25.5 Å². The Kier molecular flexibility index (Phi) is 6.35. The molecule has 1 atom stereocenters. The fourth-order valence-electron chi connectivity index (χ4n) is 4.18. The zero-order chi connectivity index (χ0) is 23.7. The average Bonchev–Trinajstić information content (AvgIpc) is 3.32. The van der Waals surface area contributed by atoms with Gasteiger partial charge in [-0.1, -0.05) is 0 Å². The van der Waals surface area contributed by atoms with Crippen LogP contribution in [0.15, 0.2) is 30.3 Å². The molecule has 9 heteroatoms. The summed E-state index contributed by atoms with van der Waals surface area (Å²) < 4.78 is 9.52. The third-order valence-electron chi connectivity index (χ3n) is 5.91. The average molecular weight is 451 g/mol. The van der Waals surface area contributed by atoms with Crippen molar-refractivity contribution in [2.24, 2.45) is 5.73 Å². The Labute approximate surface area is 192 Å². The van der Waals surface area contributed by atoms with Gasteiger partial charge in [-0.05, 0) is 64.5 Å². The first-order valence-electron chi connectivity index (χ1n) is 11.1. The molecule has 0 radical (unpaired) electrons. The molecule has 4 N–H and O–H groups in total. The van der Waals surface area contributed by atoms with E-state index in [0.717, 1.165) is 59.7 Å². The first-order valence-corrected chi connectivity index (χ1v) is 11.1. The van der Waals surface area contributed by atoms with E-state index < -0.39 is 5.97 Å². The van der Waals surface area contributed by atoms with Gasteiger partial charge in [0.2, 0.25) is 0 Å². The monoisotopic (exact) mass is 450 g/mol. The lowest BCUT2D eigenvalue weighted by atomic mass is 10.2. The minimum atomic E-state index is -1.02. The molecule has 4 heterocycles. The van der Waals surface area contributed by atoms with Gasteiger partial charge in [0.15, 0.2) is 5.88 Å². The van der Waals surface area contributed by atoms with E-state index in [4.69, 9.17) is 20.4 Å². The van der Waals surface area contributed by atoms with Gasteiger partial charge in [0.25, 0.3) is 0 Å². The third-order valence-corrected chi connectivity index (χ3v) is 5.91. The minimum absolute atomic E-state index is 0.131. The third kappa shape index (κ3) is 4.17. The number of imidazole rings is 1. The zero-order valence-electron chi connectivity index (χ0n) is 19.4. The molecule has 0 aliphatic heterocycles. The van der Waals surface area contributed by atoms with E-state index in [0.29, 0.717) is 11.5 Å². The summed E-state index contributed by atoms with van der Waals surface area (Å²) in [6.45, 7) is 5.60. The van der Waals surface area contributed by atoms with E-state index in [2.05, 4.69) is 16.0 Å². The summed E-state index contributed by atoms with van der Waals surface area (Å²) in [5.74, 6) is -0.598. The van der Waals surface area contributed by atoms with Crippen molar-refractivity contribution in [2.75, 3.05) is 20.7 Å². The number of carboxylic acid groups (broad SMARTS) is 1. The Morgan fingerprint density at radius 3 is 2.70 bits per heavy atom. The first-order chi connectivity index (χ1) is 15.8. The van der Waals surface area contributed by atoms with Gasteiger partial charge >= 0.3 is 5.97 Å². The molecule has 0 fully saturated rings. The Balaban J connectivity index is 1.92. The predicted molar refractivity (Wildman–Crippen MR) is 128 cm³/mol. The molecule has 1 unspecified atom stereocenters. The van der Waals surface area contributed by atoms with E-state index in [-0.39, 0.29) is 11.6 Å². The number of carboxylic acids is 1. The van der Waals surface area contributed by atoms with Crippen LogP contribution in [-0.2, 0) is 6.54 Å². The Morgan fingerprint density at radius 1 is 1.24 bits per heavy atom. The molecule has 0 saturated heterocycles. The molecule has 4 aromatic rings. The second-order valence-electron chi connectivity index (χ2n) is 8.26. The number of nitrogens with zero attached hydrogens (tertiary/aromatic N) is 4. The molecule has 33 heavy (non-hydrogen) atoms. The molecular formula is C24H30N6O3. The van der Waals surface area contributed by atoms with Gasteiger partial charge in [-0.2, -0.15) is 0 Å². The highest BCUT2D eigenvalue weighted by molar-refractivity contribution is 5.90. The van der Waals surface area contributed by atoms with E-state index >= 15 is 0 Å². The number of fused-ring (bicyclic) bond motifs is 2. The number of aromatic carboxylic acids is 1. The maximum absolute atomic E-state index is 11.6. The number of pyridine rings is 2. The van der Waals surface area contributed by atoms with Crippen LogP contribution in [0.1, 0.15) is 47.6 Å². The van der Waals surface area contributed by atoms with Crippen molar-refractivity contribution < 1.29 is 14.6 Å². The van der Waals surface area contributed by atoms with Crippen molar-refractivity contribution >= 4 is 22.6 Å². The van der Waals surface area contributed by atoms with E-state index in [1.165, 1.54) is 13.2 Å². The molecule has 0 spiro atoms. The summed E-state index contributed by atoms with van der Waals surface area (Å²) in [5.41, 5.74) is 11.0. The quantitative estimate of drug-likeness (QED) is 0.334. The van der Waals surface area contributed by atoms with Crippen molar-refractivity contribution in [2.45, 2.75) is 39.3 Å². The molecule has 0 amide bonds. The van der Waals surface area contributed by atoms with Crippen molar-refractivity contribution in [1.82, 2.24) is 24.3 Å². The van der Waals surface area contributed by atoms with Crippen LogP contribution in [0.4, 0.5) is 0 Å². The predicted octanol–water partition coefficient (Wildman–Crippen LogP) is 3.39. The van der Waals surface area contributed by atoms with Crippen LogP contribution in [0, 0.1) is 6.92 Å². The van der Waals surface area contributed by atoms with Crippen LogP contribution in [0.5, 0.6) is 5.88 Å². The summed E-state index contributed by atoms with van der Waals surface area (Å²) in [6.07, 6.45) is 2.00. The van der Waals surface area contributed by atoms with Crippen LogP contribution in [0.25, 0.3) is 28.1 Å². The second-order valence-corrected chi connectivity index (χ2v) is 8.26. The largest absolute Gasteiger partial charge is 0.482 e. The standard InChI is InChI=1S/C24H30N6O3/c1-14(25)18-8-7-16-11-19(29(23(16)27-18)10-6-5-9-26-3)22-15(2)30-20(28-22)12-17(24(31)32)13-21(30)33-4/h7-8,11-14,26H,5-6,9-10,25H2,1-4H3,(H,31,32). The number of nitrogens with one attached hydrogen (secondary N) is 1. The molecule has 4 rings (SSSR count). The number of aromatic nitrogens is 4. The number of rotatable bonds is 9. The van der Waals surface area contributed by atoms with Crippen LogP contribution in [0.2, 0.25) is 0 Å². The van der Waals surface area contributed by atoms with Crippen molar-refractivity contribution in [3.8, 4) is 17.3 Å². The van der Waals surface area contributed by atoms with Gasteiger partial charge in [0.1, 0.15) is 17.0 Å². The molecule has 0 aliphatic carbocycles. The highest BCUT2D eigenvalue weighted by Gasteiger charge is 2.21. The fourth-order valence-corrected chi connectivity index (χ4v) is 4.18. The summed E-state index contributed by atoms with van der Waals surface area (Å²) in [5, 5.41) is 13.7. The summed E-state index contributed by atoms with van der Waals surface area (Å²) in [7, 11) is 3.48. The number of methoxy groups -OCH3 is 1. The second kappa shape index (κ2) is 9.21. The maximum atomic E-state index is 11.6. The molecule has 9 nitrogen and oxygen atoms in total. The number of ether oxygens (including phenoxy) is 1. The van der Waals surface area contributed by atoms with Crippen molar-refractivity contribution in [3.63, 3.8) is 0 Å². The van der Waals surface area contributed by atoms with Gasteiger partial charge in [-0.15, -0.1) is 0 Å². The van der Waals surface area contributed by atoms with E-state index in [1.807, 2.05) is 37.4 Å². The van der Waals surface area contributed by atoms with Crippen molar-refractivity contribution in [3.05, 3.63) is 47.3 Å². The number of unbranched alkanes of at least 4 members (excludes halogenated alkanes) is 1. The molecule has 0 aliphatic rings. The van der Waals surface area contributed by atoms with Crippen LogP contribution in [-0.4, -0.2) is 50.7 Å². The number of hydrogen-bond acceptors (Lipinski definition) is 6. The van der Waals surface area contributed by atoms with Gasteiger partial charge in [0, 0.05) is 24.0 Å². The van der Waals surface area contributed by atoms with Gasteiger partial charge in [0.05, 0.1) is 29.8 Å². The normalized spacial score (nSPS) is 12.5. The lowest BCUT2D eigenvalue weighted by molar-refractivity contribution is 0.0696. The number of carbonyl (C=O) groups is 1. The highest BCUT2D eigenvalue weighted by Crippen LogP contribution is 2.33. The van der Waals surface area contributed by atoms with Crippen LogP contribution >= 0.6 is 0 Å². The summed E-state index contributed by atoms with van der Waals surface area (Å²) >= 11 is 0. The molecule has 4 aromatic heterocycles. The minimum Gasteiger partial charge on any atom is -0.482 e.